The van der Waals surface area contributed by atoms with Crippen molar-refractivity contribution >= 4 is 0 Å². The molecule has 1 unspecified atom stereocenters. The standard InChI is InChI=1S/2C11H24/c1-5-10(6-2)9-11(7-3)8-4;1-5-9-11(8-4)10(6-2)7-3/h2*10-11H,5-9H2,1-4H3. The molecule has 136 valence electrons. The maximum absolute atomic E-state index is 2.33. The van der Waals surface area contributed by atoms with Gasteiger partial charge in [-0.2, -0.15) is 0 Å². The lowest BCUT2D eigenvalue weighted by Crippen LogP contribution is -2.12. The monoisotopic (exact) mass is 312 g/mol. The van der Waals surface area contributed by atoms with Crippen LogP contribution in [0.15, 0.2) is 0 Å². The third-order valence-electron chi connectivity index (χ3n) is 5.88. The summed E-state index contributed by atoms with van der Waals surface area (Å²) in [5.74, 6) is 3.95. The van der Waals surface area contributed by atoms with Crippen molar-refractivity contribution in [3.8, 4) is 0 Å². The van der Waals surface area contributed by atoms with Crippen molar-refractivity contribution in [3.05, 3.63) is 0 Å². The zero-order valence-electron chi connectivity index (χ0n) is 17.4. The van der Waals surface area contributed by atoms with Crippen LogP contribution >= 0.6 is 0 Å². The van der Waals surface area contributed by atoms with E-state index in [1.54, 1.807) is 0 Å². The van der Waals surface area contributed by atoms with Crippen LogP contribution < -0.4 is 0 Å². The summed E-state index contributed by atoms with van der Waals surface area (Å²) in [6, 6.07) is 0. The van der Waals surface area contributed by atoms with Crippen LogP contribution in [-0.2, 0) is 0 Å². The van der Waals surface area contributed by atoms with Gasteiger partial charge in [-0.25, -0.2) is 0 Å². The first-order valence-corrected chi connectivity index (χ1v) is 10.6. The Morgan fingerprint density at radius 1 is 0.455 bits per heavy atom. The Hall–Kier alpha value is 0. The van der Waals surface area contributed by atoms with Crippen molar-refractivity contribution in [1.82, 2.24) is 0 Å². The first kappa shape index (κ1) is 24.3. The minimum absolute atomic E-state index is 0.986. The topological polar surface area (TPSA) is 0 Å². The molecule has 0 spiro atoms. The van der Waals surface area contributed by atoms with Gasteiger partial charge in [0, 0.05) is 0 Å². The molecule has 0 aliphatic heterocycles. The van der Waals surface area contributed by atoms with E-state index in [0.717, 1.165) is 23.7 Å². The summed E-state index contributed by atoms with van der Waals surface area (Å²) in [6.07, 6.45) is 13.8. The van der Waals surface area contributed by atoms with E-state index in [1.807, 2.05) is 0 Å². The van der Waals surface area contributed by atoms with E-state index in [0.29, 0.717) is 0 Å². The quantitative estimate of drug-likeness (QED) is 0.339. The van der Waals surface area contributed by atoms with Crippen LogP contribution in [0.4, 0.5) is 0 Å². The van der Waals surface area contributed by atoms with Gasteiger partial charge < -0.3 is 0 Å². The third-order valence-corrected chi connectivity index (χ3v) is 5.88. The van der Waals surface area contributed by atoms with Gasteiger partial charge in [0.1, 0.15) is 0 Å². The number of hydrogen-bond donors (Lipinski definition) is 0. The Balaban J connectivity index is 0. The average molecular weight is 313 g/mol. The van der Waals surface area contributed by atoms with Crippen LogP contribution in [0.3, 0.4) is 0 Å². The molecule has 0 aliphatic carbocycles. The summed E-state index contributed by atoms with van der Waals surface area (Å²) in [5, 5.41) is 0. The fourth-order valence-corrected chi connectivity index (χ4v) is 3.81. The molecule has 0 aromatic heterocycles. The first-order valence-electron chi connectivity index (χ1n) is 10.6. The third kappa shape index (κ3) is 11.6. The lowest BCUT2D eigenvalue weighted by Gasteiger charge is -2.23. The highest BCUT2D eigenvalue weighted by Crippen LogP contribution is 2.26. The molecule has 0 nitrogen and oxygen atoms in total. The number of rotatable bonds is 12. The zero-order valence-corrected chi connectivity index (χ0v) is 17.4. The molecule has 0 saturated carbocycles. The summed E-state index contributed by atoms with van der Waals surface area (Å²) in [4.78, 5) is 0. The molecule has 0 aromatic carbocycles. The molecule has 0 aromatic rings. The second kappa shape index (κ2) is 17.4. The highest BCUT2D eigenvalue weighted by Gasteiger charge is 2.14. The molecule has 0 saturated heterocycles. The Bertz CT molecular complexity index is 174. The van der Waals surface area contributed by atoms with E-state index < -0.39 is 0 Å². The molecule has 0 fully saturated rings. The van der Waals surface area contributed by atoms with Gasteiger partial charge in [-0.15, -0.1) is 0 Å². The highest BCUT2D eigenvalue weighted by molar-refractivity contribution is 4.66. The van der Waals surface area contributed by atoms with Gasteiger partial charge >= 0.3 is 0 Å². The van der Waals surface area contributed by atoms with E-state index in [9.17, 15) is 0 Å². The van der Waals surface area contributed by atoms with Crippen molar-refractivity contribution in [2.75, 3.05) is 0 Å². The SMILES string of the molecule is CCC(CC)CC(CC)CC.CCCC(CC)C(CC)CC. The highest BCUT2D eigenvalue weighted by atomic mass is 14.2. The second-order valence-corrected chi connectivity index (χ2v) is 7.13. The Morgan fingerprint density at radius 3 is 1.05 bits per heavy atom. The maximum atomic E-state index is 2.33. The van der Waals surface area contributed by atoms with Crippen LogP contribution in [0.25, 0.3) is 0 Å². The van der Waals surface area contributed by atoms with Gasteiger partial charge in [0.2, 0.25) is 0 Å². The Kier molecular flexibility index (Phi) is 19.1. The van der Waals surface area contributed by atoms with Crippen LogP contribution in [0.2, 0.25) is 0 Å². The van der Waals surface area contributed by atoms with Gasteiger partial charge in [-0.3, -0.25) is 0 Å². The van der Waals surface area contributed by atoms with Crippen molar-refractivity contribution < 1.29 is 0 Å². The fraction of sp³-hybridized carbons (Fsp3) is 1.00. The van der Waals surface area contributed by atoms with E-state index in [2.05, 4.69) is 55.4 Å². The van der Waals surface area contributed by atoms with Crippen molar-refractivity contribution in [2.24, 2.45) is 23.7 Å². The molecule has 0 heterocycles. The molecule has 0 amide bonds. The van der Waals surface area contributed by atoms with Gasteiger partial charge in [0.25, 0.3) is 0 Å². The summed E-state index contributed by atoms with van der Waals surface area (Å²) in [5.41, 5.74) is 0. The van der Waals surface area contributed by atoms with Gasteiger partial charge in [-0.1, -0.05) is 113 Å². The van der Waals surface area contributed by atoms with Crippen molar-refractivity contribution in [3.63, 3.8) is 0 Å². The summed E-state index contributed by atoms with van der Waals surface area (Å²) in [7, 11) is 0. The van der Waals surface area contributed by atoms with Crippen LogP contribution in [-0.4, -0.2) is 0 Å². The first-order chi connectivity index (χ1) is 10.6. The van der Waals surface area contributed by atoms with Gasteiger partial charge in [0.05, 0.1) is 0 Å². The largest absolute Gasteiger partial charge is 0.0654 e. The minimum Gasteiger partial charge on any atom is -0.0654 e. The van der Waals surface area contributed by atoms with E-state index in [4.69, 9.17) is 0 Å². The molecular weight excluding hydrogens is 264 g/mol. The van der Waals surface area contributed by atoms with Gasteiger partial charge in [-0.05, 0) is 30.1 Å². The molecule has 0 N–H and O–H groups in total. The molecule has 0 rings (SSSR count). The Morgan fingerprint density at radius 2 is 0.818 bits per heavy atom. The van der Waals surface area contributed by atoms with E-state index >= 15 is 0 Å². The normalized spacial score (nSPS) is 12.7. The van der Waals surface area contributed by atoms with Crippen molar-refractivity contribution in [1.29, 1.82) is 0 Å². The Labute approximate surface area is 143 Å². The fourth-order valence-electron chi connectivity index (χ4n) is 3.81. The lowest BCUT2D eigenvalue weighted by atomic mass is 9.83. The summed E-state index contributed by atoms with van der Waals surface area (Å²) >= 11 is 0. The average Bonchev–Trinajstić information content (AvgIpc) is 2.57. The lowest BCUT2D eigenvalue weighted by molar-refractivity contribution is 0.284. The zero-order chi connectivity index (χ0) is 17.4. The molecule has 0 heteroatoms. The number of hydrogen-bond acceptors (Lipinski definition) is 0. The van der Waals surface area contributed by atoms with Crippen LogP contribution in [0, 0.1) is 23.7 Å². The molecule has 1 atom stereocenters. The smallest absolute Gasteiger partial charge is 0.0389 e. The minimum atomic E-state index is 0.986. The van der Waals surface area contributed by atoms with E-state index in [1.165, 1.54) is 64.2 Å². The molecular formula is C22H48. The summed E-state index contributed by atoms with van der Waals surface area (Å²) < 4.78 is 0. The second-order valence-electron chi connectivity index (χ2n) is 7.13. The molecule has 0 bridgehead atoms. The molecule has 22 heavy (non-hydrogen) atoms. The van der Waals surface area contributed by atoms with E-state index in [-0.39, 0.29) is 0 Å². The van der Waals surface area contributed by atoms with Crippen LogP contribution in [0.5, 0.6) is 0 Å². The predicted molar refractivity (Wildman–Crippen MR) is 106 cm³/mol. The molecule has 0 aliphatic rings. The van der Waals surface area contributed by atoms with Crippen LogP contribution in [0.1, 0.15) is 120 Å². The molecule has 0 radical (unpaired) electrons. The van der Waals surface area contributed by atoms with Gasteiger partial charge in [0.15, 0.2) is 0 Å². The predicted octanol–water partition coefficient (Wildman–Crippen LogP) is 8.50. The summed E-state index contributed by atoms with van der Waals surface area (Å²) in [6.45, 7) is 18.5. The van der Waals surface area contributed by atoms with Crippen molar-refractivity contribution in [2.45, 2.75) is 120 Å². The maximum Gasteiger partial charge on any atom is -0.0389 e.